The van der Waals surface area contributed by atoms with Crippen LogP contribution in [0.4, 0.5) is 11.6 Å². The first-order valence-electron chi connectivity index (χ1n) is 7.23. The van der Waals surface area contributed by atoms with E-state index in [1.807, 2.05) is 37.3 Å². The standard InChI is InChI=1S/C16H21N3O/c1-12-11-19(13(2)15-9-6-10-20-15)16(17-12)18-14-7-4-3-5-8-14/h3-5,7-8,11,13,15H,6,9-10H2,1-2H3,(H,17,18). The Bertz CT molecular complexity index is 558. The molecule has 0 aliphatic carbocycles. The number of imidazole rings is 1. The molecule has 106 valence electrons. The van der Waals surface area contributed by atoms with Gasteiger partial charge in [-0.05, 0) is 38.8 Å². The lowest BCUT2D eigenvalue weighted by atomic mass is 10.1. The number of hydrogen-bond acceptors (Lipinski definition) is 3. The van der Waals surface area contributed by atoms with Crippen LogP contribution >= 0.6 is 0 Å². The number of aromatic nitrogens is 2. The summed E-state index contributed by atoms with van der Waals surface area (Å²) in [6.07, 6.45) is 4.67. The first-order chi connectivity index (χ1) is 9.74. The van der Waals surface area contributed by atoms with Crippen molar-refractivity contribution in [1.82, 2.24) is 9.55 Å². The van der Waals surface area contributed by atoms with E-state index >= 15 is 0 Å². The highest BCUT2D eigenvalue weighted by Gasteiger charge is 2.25. The summed E-state index contributed by atoms with van der Waals surface area (Å²) in [7, 11) is 0. The molecule has 2 heterocycles. The van der Waals surface area contributed by atoms with E-state index in [2.05, 4.69) is 28.0 Å². The third kappa shape index (κ3) is 2.70. The predicted molar refractivity (Wildman–Crippen MR) is 80.4 cm³/mol. The lowest BCUT2D eigenvalue weighted by Crippen LogP contribution is -2.21. The minimum atomic E-state index is 0.292. The van der Waals surface area contributed by atoms with E-state index in [1.54, 1.807) is 0 Å². The summed E-state index contributed by atoms with van der Waals surface area (Å²) in [6.45, 7) is 5.10. The lowest BCUT2D eigenvalue weighted by molar-refractivity contribution is 0.0739. The van der Waals surface area contributed by atoms with Crippen LogP contribution < -0.4 is 5.32 Å². The van der Waals surface area contributed by atoms with Crippen molar-refractivity contribution in [2.24, 2.45) is 0 Å². The maximum Gasteiger partial charge on any atom is 0.207 e. The number of para-hydroxylation sites is 1. The van der Waals surface area contributed by atoms with Crippen LogP contribution in [0.3, 0.4) is 0 Å². The smallest absolute Gasteiger partial charge is 0.207 e. The van der Waals surface area contributed by atoms with Gasteiger partial charge >= 0.3 is 0 Å². The number of nitrogens with one attached hydrogen (secondary N) is 1. The largest absolute Gasteiger partial charge is 0.376 e. The maximum atomic E-state index is 5.81. The molecule has 1 aliphatic heterocycles. The van der Waals surface area contributed by atoms with Gasteiger partial charge in [-0.1, -0.05) is 18.2 Å². The third-order valence-electron chi connectivity index (χ3n) is 3.82. The summed E-state index contributed by atoms with van der Waals surface area (Å²) in [5.41, 5.74) is 2.08. The molecular weight excluding hydrogens is 250 g/mol. The summed E-state index contributed by atoms with van der Waals surface area (Å²) < 4.78 is 8.00. The molecule has 0 spiro atoms. The quantitative estimate of drug-likeness (QED) is 0.922. The van der Waals surface area contributed by atoms with Gasteiger partial charge in [0.1, 0.15) is 0 Å². The Morgan fingerprint density at radius 2 is 2.15 bits per heavy atom. The van der Waals surface area contributed by atoms with Crippen molar-refractivity contribution in [2.75, 3.05) is 11.9 Å². The highest BCUT2D eigenvalue weighted by molar-refractivity contribution is 5.53. The summed E-state index contributed by atoms with van der Waals surface area (Å²) in [4.78, 5) is 4.59. The zero-order chi connectivity index (χ0) is 13.9. The fourth-order valence-corrected chi connectivity index (χ4v) is 2.73. The molecule has 1 aromatic carbocycles. The van der Waals surface area contributed by atoms with Crippen molar-refractivity contribution >= 4 is 11.6 Å². The van der Waals surface area contributed by atoms with Crippen LogP contribution in [-0.2, 0) is 4.74 Å². The molecule has 0 saturated carbocycles. The average molecular weight is 271 g/mol. The third-order valence-corrected chi connectivity index (χ3v) is 3.82. The summed E-state index contributed by atoms with van der Waals surface area (Å²) in [5, 5.41) is 3.39. The predicted octanol–water partition coefficient (Wildman–Crippen LogP) is 3.68. The molecule has 3 rings (SSSR count). The molecule has 1 aromatic heterocycles. The van der Waals surface area contributed by atoms with Gasteiger partial charge < -0.3 is 14.6 Å². The van der Waals surface area contributed by atoms with Gasteiger partial charge in [-0.25, -0.2) is 4.98 Å². The Balaban J connectivity index is 1.84. The second-order valence-electron chi connectivity index (χ2n) is 5.40. The molecule has 1 saturated heterocycles. The highest BCUT2D eigenvalue weighted by Crippen LogP contribution is 2.28. The van der Waals surface area contributed by atoms with E-state index in [4.69, 9.17) is 4.74 Å². The zero-order valence-electron chi connectivity index (χ0n) is 12.0. The number of rotatable bonds is 4. The topological polar surface area (TPSA) is 39.1 Å². The van der Waals surface area contributed by atoms with E-state index in [9.17, 15) is 0 Å². The number of hydrogen-bond donors (Lipinski definition) is 1. The van der Waals surface area contributed by atoms with Gasteiger partial charge in [0, 0.05) is 18.5 Å². The Morgan fingerprint density at radius 3 is 2.85 bits per heavy atom. The molecule has 20 heavy (non-hydrogen) atoms. The minimum Gasteiger partial charge on any atom is -0.376 e. The fourth-order valence-electron chi connectivity index (χ4n) is 2.73. The number of aryl methyl sites for hydroxylation is 1. The molecule has 2 aromatic rings. The monoisotopic (exact) mass is 271 g/mol. The van der Waals surface area contributed by atoms with Gasteiger partial charge in [0.2, 0.25) is 5.95 Å². The maximum absolute atomic E-state index is 5.81. The molecule has 1 aliphatic rings. The Kier molecular flexibility index (Phi) is 3.74. The highest BCUT2D eigenvalue weighted by atomic mass is 16.5. The zero-order valence-corrected chi connectivity index (χ0v) is 12.0. The number of benzene rings is 1. The molecule has 4 nitrogen and oxygen atoms in total. The van der Waals surface area contributed by atoms with E-state index in [1.165, 1.54) is 0 Å². The Labute approximate surface area is 119 Å². The van der Waals surface area contributed by atoms with Crippen LogP contribution in [0.5, 0.6) is 0 Å². The van der Waals surface area contributed by atoms with Crippen molar-refractivity contribution in [3.63, 3.8) is 0 Å². The second-order valence-corrected chi connectivity index (χ2v) is 5.40. The number of anilines is 2. The molecule has 1 N–H and O–H groups in total. The Hall–Kier alpha value is -1.81. The van der Waals surface area contributed by atoms with Crippen molar-refractivity contribution in [3.8, 4) is 0 Å². The summed E-state index contributed by atoms with van der Waals surface area (Å²) >= 11 is 0. The lowest BCUT2D eigenvalue weighted by Gasteiger charge is -2.22. The molecule has 2 atom stereocenters. The minimum absolute atomic E-state index is 0.292. The number of ether oxygens (including phenoxy) is 1. The molecule has 0 bridgehead atoms. The van der Waals surface area contributed by atoms with Crippen LogP contribution in [0.25, 0.3) is 0 Å². The summed E-state index contributed by atoms with van der Waals surface area (Å²) in [6, 6.07) is 10.4. The number of nitrogens with zero attached hydrogens (tertiary/aromatic N) is 2. The molecule has 0 amide bonds. The van der Waals surface area contributed by atoms with Crippen molar-refractivity contribution in [1.29, 1.82) is 0 Å². The van der Waals surface area contributed by atoms with E-state index in [-0.39, 0.29) is 0 Å². The van der Waals surface area contributed by atoms with Crippen LogP contribution in [-0.4, -0.2) is 22.3 Å². The van der Waals surface area contributed by atoms with Gasteiger partial charge in [-0.15, -0.1) is 0 Å². The Morgan fingerprint density at radius 1 is 1.35 bits per heavy atom. The molecule has 4 heteroatoms. The van der Waals surface area contributed by atoms with Crippen LogP contribution in [0, 0.1) is 6.92 Å². The second kappa shape index (κ2) is 5.67. The van der Waals surface area contributed by atoms with E-state index in [0.29, 0.717) is 12.1 Å². The SMILES string of the molecule is Cc1cn(C(C)C2CCCO2)c(Nc2ccccc2)n1. The van der Waals surface area contributed by atoms with Gasteiger partial charge in [0.15, 0.2) is 0 Å². The van der Waals surface area contributed by atoms with Crippen molar-refractivity contribution in [2.45, 2.75) is 38.8 Å². The van der Waals surface area contributed by atoms with Crippen LogP contribution in [0.2, 0.25) is 0 Å². The first-order valence-corrected chi connectivity index (χ1v) is 7.23. The average Bonchev–Trinajstić information content (AvgIpc) is 3.09. The van der Waals surface area contributed by atoms with Gasteiger partial charge in [0.25, 0.3) is 0 Å². The summed E-state index contributed by atoms with van der Waals surface area (Å²) in [5.74, 6) is 0.886. The van der Waals surface area contributed by atoms with Crippen molar-refractivity contribution < 1.29 is 4.74 Å². The van der Waals surface area contributed by atoms with E-state index in [0.717, 1.165) is 36.8 Å². The van der Waals surface area contributed by atoms with Gasteiger partial charge in [-0.2, -0.15) is 0 Å². The van der Waals surface area contributed by atoms with E-state index < -0.39 is 0 Å². The molecule has 2 unspecified atom stereocenters. The fraction of sp³-hybridized carbons (Fsp3) is 0.438. The van der Waals surface area contributed by atoms with Crippen LogP contribution in [0.1, 0.15) is 31.5 Å². The normalized spacial score (nSPS) is 20.0. The van der Waals surface area contributed by atoms with Crippen molar-refractivity contribution in [3.05, 3.63) is 42.2 Å². The molecule has 0 radical (unpaired) electrons. The van der Waals surface area contributed by atoms with Gasteiger partial charge in [-0.3, -0.25) is 0 Å². The molecule has 1 fully saturated rings. The van der Waals surface area contributed by atoms with Gasteiger partial charge in [0.05, 0.1) is 17.8 Å². The molecular formula is C16H21N3O. The first kappa shape index (κ1) is 13.2. The van der Waals surface area contributed by atoms with Crippen LogP contribution in [0.15, 0.2) is 36.5 Å².